The van der Waals surface area contributed by atoms with E-state index in [-0.39, 0.29) is 18.3 Å². The quantitative estimate of drug-likeness (QED) is 0.910. The minimum atomic E-state index is 0. The van der Waals surface area contributed by atoms with E-state index >= 15 is 0 Å². The van der Waals surface area contributed by atoms with Gasteiger partial charge in [0, 0.05) is 42.6 Å². The predicted molar refractivity (Wildman–Crippen MR) is 88.5 cm³/mol. The van der Waals surface area contributed by atoms with Crippen LogP contribution in [0.15, 0.2) is 18.2 Å². The van der Waals surface area contributed by atoms with Crippen molar-refractivity contribution in [1.82, 2.24) is 10.2 Å². The maximum Gasteiger partial charge on any atom is 0.222 e. The van der Waals surface area contributed by atoms with Crippen molar-refractivity contribution in [2.75, 3.05) is 26.2 Å². The normalized spacial score (nSPS) is 23.8. The summed E-state index contributed by atoms with van der Waals surface area (Å²) >= 11 is 11.9. The summed E-state index contributed by atoms with van der Waals surface area (Å²) < 4.78 is 0. The second kappa shape index (κ2) is 7.19. The molecular weight excluding hydrogens is 331 g/mol. The number of rotatable bonds is 3. The molecule has 0 aliphatic carbocycles. The molecule has 3 rings (SSSR count). The lowest BCUT2D eigenvalue weighted by Gasteiger charge is -2.17. The fourth-order valence-corrected chi connectivity index (χ4v) is 3.79. The molecular formula is C15H19Cl3N2O. The molecule has 21 heavy (non-hydrogen) atoms. The van der Waals surface area contributed by atoms with Gasteiger partial charge in [0.25, 0.3) is 0 Å². The Morgan fingerprint density at radius 3 is 2.29 bits per heavy atom. The van der Waals surface area contributed by atoms with E-state index in [0.29, 0.717) is 34.7 Å². The summed E-state index contributed by atoms with van der Waals surface area (Å²) in [6.07, 6.45) is 1.23. The van der Waals surface area contributed by atoms with Crippen molar-refractivity contribution in [3.63, 3.8) is 0 Å². The first-order chi connectivity index (χ1) is 9.61. The van der Waals surface area contributed by atoms with Gasteiger partial charge < -0.3 is 10.2 Å². The van der Waals surface area contributed by atoms with Gasteiger partial charge in [-0.05, 0) is 42.0 Å². The van der Waals surface area contributed by atoms with Gasteiger partial charge in [-0.15, -0.1) is 12.4 Å². The molecule has 0 spiro atoms. The van der Waals surface area contributed by atoms with Crippen molar-refractivity contribution in [3.8, 4) is 0 Å². The number of benzene rings is 1. The topological polar surface area (TPSA) is 32.3 Å². The number of carbonyl (C=O) groups is 1. The van der Waals surface area contributed by atoms with Gasteiger partial charge in [-0.25, -0.2) is 0 Å². The third-order valence-electron chi connectivity index (χ3n) is 4.29. The molecule has 0 radical (unpaired) electrons. The van der Waals surface area contributed by atoms with Crippen LogP contribution in [0.1, 0.15) is 12.0 Å². The minimum Gasteiger partial charge on any atom is -0.342 e. The van der Waals surface area contributed by atoms with E-state index in [0.717, 1.165) is 31.7 Å². The molecule has 0 unspecified atom stereocenters. The molecule has 6 heteroatoms. The average Bonchev–Trinajstić information content (AvgIpc) is 2.95. The van der Waals surface area contributed by atoms with E-state index in [1.54, 1.807) is 6.07 Å². The summed E-state index contributed by atoms with van der Waals surface area (Å²) in [5, 5.41) is 4.64. The van der Waals surface area contributed by atoms with Crippen LogP contribution in [0.3, 0.4) is 0 Å². The highest BCUT2D eigenvalue weighted by Crippen LogP contribution is 2.27. The van der Waals surface area contributed by atoms with Crippen molar-refractivity contribution in [3.05, 3.63) is 33.8 Å². The molecule has 1 N–H and O–H groups in total. The molecule has 2 aliphatic rings. The highest BCUT2D eigenvalue weighted by Gasteiger charge is 2.37. The highest BCUT2D eigenvalue weighted by molar-refractivity contribution is 6.34. The summed E-state index contributed by atoms with van der Waals surface area (Å²) in [7, 11) is 0. The van der Waals surface area contributed by atoms with Crippen LogP contribution in [0.5, 0.6) is 0 Å². The number of nitrogens with zero attached hydrogens (tertiary/aromatic N) is 1. The van der Waals surface area contributed by atoms with Gasteiger partial charge in [0.15, 0.2) is 0 Å². The average molecular weight is 350 g/mol. The summed E-state index contributed by atoms with van der Waals surface area (Å²) in [4.78, 5) is 14.3. The van der Waals surface area contributed by atoms with E-state index in [9.17, 15) is 4.79 Å². The fourth-order valence-electron chi connectivity index (χ4n) is 3.22. The molecule has 116 valence electrons. The number of fused-ring (bicyclic) bond motifs is 1. The molecule has 2 fully saturated rings. The number of carbonyl (C=O) groups excluding carboxylic acids is 1. The fraction of sp³-hybridized carbons (Fsp3) is 0.533. The summed E-state index contributed by atoms with van der Waals surface area (Å²) in [5.41, 5.74) is 1.02. The Hall–Kier alpha value is -0.480. The Balaban J connectivity index is 0.00000161. The van der Waals surface area contributed by atoms with E-state index < -0.39 is 0 Å². The predicted octanol–water partition coefficient (Wildman–Crippen LogP) is 3.03. The maximum absolute atomic E-state index is 12.3. The number of nitrogens with one attached hydrogen (secondary N) is 1. The third kappa shape index (κ3) is 4.04. The molecule has 2 aliphatic heterocycles. The second-order valence-corrected chi connectivity index (χ2v) is 6.63. The number of amides is 1. The van der Waals surface area contributed by atoms with Gasteiger partial charge in [0.2, 0.25) is 5.91 Å². The Morgan fingerprint density at radius 1 is 1.14 bits per heavy atom. The summed E-state index contributed by atoms with van der Waals surface area (Å²) in [6.45, 7) is 3.93. The minimum absolute atomic E-state index is 0. The molecule has 2 heterocycles. The number of aryl methyl sites for hydroxylation is 1. The van der Waals surface area contributed by atoms with Crippen LogP contribution < -0.4 is 5.32 Å². The zero-order valence-corrected chi connectivity index (χ0v) is 14.0. The lowest BCUT2D eigenvalue weighted by atomic mass is 10.0. The van der Waals surface area contributed by atoms with Crippen molar-refractivity contribution >= 4 is 41.5 Å². The van der Waals surface area contributed by atoms with Crippen molar-refractivity contribution in [1.29, 1.82) is 0 Å². The lowest BCUT2D eigenvalue weighted by molar-refractivity contribution is -0.130. The largest absolute Gasteiger partial charge is 0.342 e. The van der Waals surface area contributed by atoms with Crippen LogP contribution in [-0.4, -0.2) is 37.0 Å². The van der Waals surface area contributed by atoms with E-state index in [1.807, 2.05) is 17.0 Å². The Labute approximate surface area is 141 Å². The first-order valence-electron chi connectivity index (χ1n) is 7.05. The Morgan fingerprint density at radius 2 is 1.71 bits per heavy atom. The SMILES string of the molecule is Cl.O=C(CCc1cc(Cl)cc(Cl)c1)N1C[C@H]2CNC[C@H]2C1. The first-order valence-corrected chi connectivity index (χ1v) is 7.81. The summed E-state index contributed by atoms with van der Waals surface area (Å²) in [6, 6.07) is 5.47. The van der Waals surface area contributed by atoms with Gasteiger partial charge in [-0.2, -0.15) is 0 Å². The van der Waals surface area contributed by atoms with Gasteiger partial charge in [0.1, 0.15) is 0 Å². The second-order valence-electron chi connectivity index (χ2n) is 5.75. The smallest absolute Gasteiger partial charge is 0.222 e. The lowest BCUT2D eigenvalue weighted by Crippen LogP contribution is -2.31. The maximum atomic E-state index is 12.3. The van der Waals surface area contributed by atoms with Gasteiger partial charge in [-0.1, -0.05) is 23.2 Å². The van der Waals surface area contributed by atoms with Crippen LogP contribution in [-0.2, 0) is 11.2 Å². The molecule has 1 aromatic carbocycles. The standard InChI is InChI=1S/C15H18Cl2N2O.ClH/c16-13-3-10(4-14(17)5-13)1-2-15(20)19-8-11-6-18-7-12(11)9-19;/h3-5,11-12,18H,1-2,6-9H2;1H/t11-,12+;. The zero-order chi connectivity index (χ0) is 14.1. The molecule has 2 saturated heterocycles. The first kappa shape index (κ1) is 16.9. The van der Waals surface area contributed by atoms with Crippen molar-refractivity contribution < 1.29 is 4.79 Å². The van der Waals surface area contributed by atoms with E-state index in [4.69, 9.17) is 23.2 Å². The van der Waals surface area contributed by atoms with Crippen LogP contribution >= 0.6 is 35.6 Å². The van der Waals surface area contributed by atoms with Gasteiger partial charge >= 0.3 is 0 Å². The monoisotopic (exact) mass is 348 g/mol. The van der Waals surface area contributed by atoms with Crippen molar-refractivity contribution in [2.24, 2.45) is 11.8 Å². The molecule has 0 saturated carbocycles. The highest BCUT2D eigenvalue weighted by atomic mass is 35.5. The van der Waals surface area contributed by atoms with Crippen LogP contribution in [0, 0.1) is 11.8 Å². The Kier molecular flexibility index (Phi) is 5.78. The molecule has 1 aromatic rings. The number of halogens is 3. The summed E-state index contributed by atoms with van der Waals surface area (Å²) in [5.74, 6) is 1.55. The van der Waals surface area contributed by atoms with Crippen molar-refractivity contribution in [2.45, 2.75) is 12.8 Å². The van der Waals surface area contributed by atoms with Crippen LogP contribution in [0.2, 0.25) is 10.0 Å². The van der Waals surface area contributed by atoms with E-state index in [2.05, 4.69) is 5.32 Å². The van der Waals surface area contributed by atoms with Gasteiger partial charge in [0.05, 0.1) is 0 Å². The molecule has 0 bridgehead atoms. The van der Waals surface area contributed by atoms with E-state index in [1.165, 1.54) is 0 Å². The molecule has 2 atom stereocenters. The Bertz CT molecular complexity index is 491. The molecule has 1 amide bonds. The number of likely N-dealkylation sites (tertiary alicyclic amines) is 1. The van der Waals surface area contributed by atoms with Crippen LogP contribution in [0.25, 0.3) is 0 Å². The van der Waals surface area contributed by atoms with Gasteiger partial charge in [-0.3, -0.25) is 4.79 Å². The molecule has 0 aromatic heterocycles. The van der Waals surface area contributed by atoms with Crippen LogP contribution in [0.4, 0.5) is 0 Å². The molecule has 3 nitrogen and oxygen atoms in total. The number of hydrogen-bond acceptors (Lipinski definition) is 2. The third-order valence-corrected chi connectivity index (χ3v) is 4.73. The number of hydrogen-bond donors (Lipinski definition) is 1. The zero-order valence-electron chi connectivity index (χ0n) is 11.6.